The molecule has 0 aromatic carbocycles. The van der Waals surface area contributed by atoms with Gasteiger partial charge in [0.2, 0.25) is 0 Å². The first-order valence-corrected chi connectivity index (χ1v) is 15.7. The van der Waals surface area contributed by atoms with Crippen molar-refractivity contribution >= 4 is 30.7 Å². The molecule has 4 aliphatic carbocycles. The van der Waals surface area contributed by atoms with E-state index in [0.29, 0.717) is 30.0 Å². The first-order valence-electron chi connectivity index (χ1n) is 12.0. The lowest BCUT2D eigenvalue weighted by Gasteiger charge is -2.58. The zero-order valence-corrected chi connectivity index (χ0v) is 20.4. The molecule has 2 aromatic heterocycles. The van der Waals surface area contributed by atoms with Crippen molar-refractivity contribution in [3.8, 4) is 0 Å². The summed E-state index contributed by atoms with van der Waals surface area (Å²) in [6.45, 7) is 8.22. The molecule has 0 aliphatic heterocycles. The van der Waals surface area contributed by atoms with Gasteiger partial charge in [-0.05, 0) is 62.0 Å². The van der Waals surface area contributed by atoms with Crippen molar-refractivity contribution in [1.29, 1.82) is 0 Å². The van der Waals surface area contributed by atoms with Gasteiger partial charge < -0.3 is 25.5 Å². The SMILES string of the molecule is C[Si](C)(C)CCOCn1ccc2c(NC3[C@@H]4CC5C[C@H]3CC(O)(C5)C4)c(C(N)=O)cnc21. The molecule has 4 bridgehead atoms. The predicted octanol–water partition coefficient (Wildman–Crippen LogP) is 3.80. The molecule has 5 atom stereocenters. The third-order valence-corrected chi connectivity index (χ3v) is 9.54. The van der Waals surface area contributed by atoms with Crippen LogP contribution in [0.5, 0.6) is 0 Å². The predicted molar refractivity (Wildman–Crippen MR) is 128 cm³/mol. The van der Waals surface area contributed by atoms with Crippen molar-refractivity contribution in [2.45, 2.75) is 76.2 Å². The summed E-state index contributed by atoms with van der Waals surface area (Å²) in [5.41, 5.74) is 7.27. The number of anilines is 1. The molecule has 2 heterocycles. The number of carbonyl (C=O) groups excluding carboxylic acids is 1. The lowest BCUT2D eigenvalue weighted by Crippen LogP contribution is -2.59. The highest BCUT2D eigenvalue weighted by Crippen LogP contribution is 2.56. The zero-order valence-electron chi connectivity index (χ0n) is 19.4. The van der Waals surface area contributed by atoms with Gasteiger partial charge in [0.1, 0.15) is 12.4 Å². The normalized spacial score (nSPS) is 31.4. The minimum Gasteiger partial charge on any atom is -0.390 e. The first-order chi connectivity index (χ1) is 15.1. The number of pyridine rings is 1. The second-order valence-electron chi connectivity index (χ2n) is 11.6. The molecule has 6 rings (SSSR count). The van der Waals surface area contributed by atoms with E-state index < -0.39 is 19.6 Å². The average molecular weight is 457 g/mol. The van der Waals surface area contributed by atoms with Gasteiger partial charge in [-0.25, -0.2) is 4.98 Å². The van der Waals surface area contributed by atoms with Crippen LogP contribution < -0.4 is 11.1 Å². The van der Waals surface area contributed by atoms with Gasteiger partial charge in [-0.15, -0.1) is 0 Å². The minimum atomic E-state index is -1.13. The zero-order chi connectivity index (χ0) is 22.7. The number of rotatable bonds is 8. The van der Waals surface area contributed by atoms with Gasteiger partial charge in [0.25, 0.3) is 5.91 Å². The van der Waals surface area contributed by atoms with Crippen LogP contribution in [0.15, 0.2) is 18.5 Å². The molecule has 32 heavy (non-hydrogen) atoms. The summed E-state index contributed by atoms with van der Waals surface area (Å²) in [6, 6.07) is 3.38. The molecule has 1 amide bonds. The number of nitrogens with zero attached hydrogens (tertiary/aromatic N) is 2. The van der Waals surface area contributed by atoms with E-state index in [9.17, 15) is 9.90 Å². The largest absolute Gasteiger partial charge is 0.390 e. The fourth-order valence-corrected chi connectivity index (χ4v) is 7.27. The standard InChI is InChI=1S/C24H36N4O3Si/c1-32(2,3)7-6-31-14-28-5-4-18-21(19(22(25)29)13-26-23(18)28)27-20-16-8-15-9-17(20)12-24(30,10-15)11-16/h4-5,13,15-17,20,30H,6-12,14H2,1-3H3,(H2,25,29)(H,26,27)/t15?,16-,17+,20?,24?. The maximum absolute atomic E-state index is 12.3. The average Bonchev–Trinajstić information content (AvgIpc) is 3.09. The van der Waals surface area contributed by atoms with E-state index in [0.717, 1.165) is 61.5 Å². The van der Waals surface area contributed by atoms with Crippen LogP contribution in [0.3, 0.4) is 0 Å². The van der Waals surface area contributed by atoms with Gasteiger partial charge in [0.15, 0.2) is 0 Å². The number of carbonyl (C=O) groups is 1. The van der Waals surface area contributed by atoms with Crippen LogP contribution in [0.25, 0.3) is 11.0 Å². The molecule has 3 unspecified atom stereocenters. The van der Waals surface area contributed by atoms with Gasteiger partial charge in [-0.1, -0.05) is 19.6 Å². The van der Waals surface area contributed by atoms with Crippen molar-refractivity contribution in [3.63, 3.8) is 0 Å². The lowest BCUT2D eigenvalue weighted by atomic mass is 9.52. The van der Waals surface area contributed by atoms with E-state index in [1.54, 1.807) is 6.20 Å². The van der Waals surface area contributed by atoms with Crippen LogP contribution in [0, 0.1) is 17.8 Å². The number of hydrogen-bond donors (Lipinski definition) is 3. The molecular formula is C24H36N4O3Si. The Morgan fingerprint density at radius 3 is 2.66 bits per heavy atom. The van der Waals surface area contributed by atoms with E-state index in [2.05, 4.69) is 29.9 Å². The van der Waals surface area contributed by atoms with Gasteiger partial charge >= 0.3 is 0 Å². The molecule has 2 aromatic rings. The van der Waals surface area contributed by atoms with Crippen molar-refractivity contribution in [3.05, 3.63) is 24.0 Å². The molecule has 0 radical (unpaired) electrons. The quantitative estimate of drug-likeness (QED) is 0.414. The number of ether oxygens (including phenoxy) is 1. The number of primary amides is 1. The molecule has 7 nitrogen and oxygen atoms in total. The molecule has 0 saturated heterocycles. The van der Waals surface area contributed by atoms with Crippen molar-refractivity contribution in [2.24, 2.45) is 23.5 Å². The van der Waals surface area contributed by atoms with E-state index in [1.807, 2.05) is 16.8 Å². The summed E-state index contributed by atoms with van der Waals surface area (Å²) in [5.74, 6) is 1.03. The highest BCUT2D eigenvalue weighted by molar-refractivity contribution is 6.76. The Bertz CT molecular complexity index is 1010. The number of aliphatic hydroxyl groups is 1. The topological polar surface area (TPSA) is 102 Å². The maximum Gasteiger partial charge on any atom is 0.252 e. The molecule has 4 saturated carbocycles. The Hall–Kier alpha value is -1.90. The van der Waals surface area contributed by atoms with Gasteiger partial charge in [-0.2, -0.15) is 0 Å². The summed E-state index contributed by atoms with van der Waals surface area (Å²) in [7, 11) is -1.13. The van der Waals surface area contributed by atoms with Crippen LogP contribution in [-0.4, -0.2) is 46.9 Å². The molecule has 174 valence electrons. The summed E-state index contributed by atoms with van der Waals surface area (Å²) in [6.07, 6.45) is 8.54. The molecule has 4 N–H and O–H groups in total. The number of fused-ring (bicyclic) bond motifs is 1. The Morgan fingerprint density at radius 2 is 2.03 bits per heavy atom. The lowest BCUT2D eigenvalue weighted by molar-refractivity contribution is -0.129. The Kier molecular flexibility index (Phi) is 5.38. The van der Waals surface area contributed by atoms with Crippen LogP contribution in [0.2, 0.25) is 25.7 Å². The van der Waals surface area contributed by atoms with Gasteiger partial charge in [-0.3, -0.25) is 4.79 Å². The number of nitrogens with one attached hydrogen (secondary N) is 1. The van der Waals surface area contributed by atoms with E-state index in [4.69, 9.17) is 10.5 Å². The van der Waals surface area contributed by atoms with E-state index in [-0.39, 0.29) is 6.04 Å². The molecule has 8 heteroatoms. The molecule has 4 aliphatic rings. The monoisotopic (exact) mass is 456 g/mol. The summed E-state index contributed by atoms with van der Waals surface area (Å²) >= 11 is 0. The van der Waals surface area contributed by atoms with E-state index in [1.165, 1.54) is 0 Å². The fraction of sp³-hybridized carbons (Fsp3) is 0.667. The fourth-order valence-electron chi connectivity index (χ4n) is 6.51. The number of nitrogens with two attached hydrogens (primary N) is 1. The summed E-state index contributed by atoms with van der Waals surface area (Å²) < 4.78 is 7.93. The summed E-state index contributed by atoms with van der Waals surface area (Å²) in [5, 5.41) is 15.6. The minimum absolute atomic E-state index is 0.256. The maximum atomic E-state index is 12.3. The van der Waals surface area contributed by atoms with Crippen LogP contribution in [0.1, 0.15) is 42.5 Å². The van der Waals surface area contributed by atoms with Gasteiger partial charge in [0, 0.05) is 38.5 Å². The van der Waals surface area contributed by atoms with Gasteiger partial charge in [0.05, 0.1) is 16.9 Å². The summed E-state index contributed by atoms with van der Waals surface area (Å²) in [4.78, 5) is 16.8. The number of amides is 1. The van der Waals surface area contributed by atoms with Crippen LogP contribution >= 0.6 is 0 Å². The first kappa shape index (κ1) is 21.9. The number of hydrogen-bond acceptors (Lipinski definition) is 5. The second-order valence-corrected chi connectivity index (χ2v) is 17.3. The molecule has 0 spiro atoms. The highest BCUT2D eigenvalue weighted by Gasteiger charge is 2.54. The Morgan fingerprint density at radius 1 is 1.31 bits per heavy atom. The van der Waals surface area contributed by atoms with Crippen molar-refractivity contribution in [1.82, 2.24) is 9.55 Å². The third kappa shape index (κ3) is 4.08. The Balaban J connectivity index is 1.40. The molecular weight excluding hydrogens is 420 g/mol. The Labute approximate surface area is 190 Å². The van der Waals surface area contributed by atoms with Crippen LogP contribution in [-0.2, 0) is 11.5 Å². The second kappa shape index (κ2) is 7.85. The highest BCUT2D eigenvalue weighted by atomic mass is 28.3. The number of aromatic nitrogens is 2. The van der Waals surface area contributed by atoms with E-state index >= 15 is 0 Å². The smallest absolute Gasteiger partial charge is 0.252 e. The third-order valence-electron chi connectivity index (χ3n) is 7.83. The van der Waals surface area contributed by atoms with Crippen molar-refractivity contribution < 1.29 is 14.6 Å². The van der Waals surface area contributed by atoms with Crippen LogP contribution in [0.4, 0.5) is 5.69 Å². The van der Waals surface area contributed by atoms with Crippen molar-refractivity contribution in [2.75, 3.05) is 11.9 Å². The molecule has 4 fully saturated rings.